The van der Waals surface area contributed by atoms with Crippen molar-refractivity contribution in [2.45, 2.75) is 57.5 Å². The van der Waals surface area contributed by atoms with Crippen LogP contribution in [0.25, 0.3) is 0 Å². The van der Waals surface area contributed by atoms with E-state index in [1.54, 1.807) is 38.1 Å². The molecule has 2 aromatic rings. The van der Waals surface area contributed by atoms with Crippen LogP contribution in [0.15, 0.2) is 58.9 Å². The minimum Gasteiger partial charge on any atom is -0.503 e. The van der Waals surface area contributed by atoms with E-state index in [0.29, 0.717) is 41.1 Å². The molecular weight excluding hydrogens is 525 g/mol. The monoisotopic (exact) mass is 555 g/mol. The van der Waals surface area contributed by atoms with E-state index in [0.717, 1.165) is 18.4 Å². The number of carbonyl (C=O) groups excluding carboxylic acids is 2. The summed E-state index contributed by atoms with van der Waals surface area (Å²) in [7, 11) is 0. The summed E-state index contributed by atoms with van der Waals surface area (Å²) in [6.07, 6.45) is 2.28. The highest BCUT2D eigenvalue weighted by Crippen LogP contribution is 2.48. The SMILES string of the molecule is CCOc1cc([C@@H]2C(C(=O)OC[C@H]3CCCO3)=C(C)NC3=C2C(=O)C[C@H](c2ccc(F)cc2)C3)cc(Cl)c1O. The van der Waals surface area contributed by atoms with Crippen molar-refractivity contribution in [1.82, 2.24) is 5.32 Å². The molecule has 1 fully saturated rings. The first-order valence-corrected chi connectivity index (χ1v) is 13.6. The fraction of sp³-hybridized carbons (Fsp3) is 0.400. The van der Waals surface area contributed by atoms with E-state index in [4.69, 9.17) is 25.8 Å². The maximum Gasteiger partial charge on any atom is 0.336 e. The lowest BCUT2D eigenvalue weighted by molar-refractivity contribution is -0.142. The molecule has 0 amide bonds. The van der Waals surface area contributed by atoms with Crippen molar-refractivity contribution in [2.24, 2.45) is 0 Å². The van der Waals surface area contributed by atoms with Crippen LogP contribution in [0.5, 0.6) is 11.5 Å². The van der Waals surface area contributed by atoms with E-state index < -0.39 is 11.9 Å². The van der Waals surface area contributed by atoms with Gasteiger partial charge in [0.05, 0.1) is 23.3 Å². The number of allylic oxidation sites excluding steroid dienone is 3. The first kappa shape index (κ1) is 27.2. The Hall–Kier alpha value is -3.36. The third-order valence-electron chi connectivity index (χ3n) is 7.50. The predicted octanol–water partition coefficient (Wildman–Crippen LogP) is 5.67. The molecular formula is C30H31ClFNO6. The van der Waals surface area contributed by atoms with Gasteiger partial charge in [-0.3, -0.25) is 4.79 Å². The van der Waals surface area contributed by atoms with Gasteiger partial charge in [-0.15, -0.1) is 0 Å². The van der Waals surface area contributed by atoms with E-state index in [9.17, 15) is 19.1 Å². The van der Waals surface area contributed by atoms with Crippen LogP contribution >= 0.6 is 11.6 Å². The fourth-order valence-corrected chi connectivity index (χ4v) is 5.88. The van der Waals surface area contributed by atoms with E-state index in [1.807, 2.05) is 0 Å². The fourth-order valence-electron chi connectivity index (χ4n) is 5.66. The Morgan fingerprint density at radius 1 is 1.21 bits per heavy atom. The summed E-state index contributed by atoms with van der Waals surface area (Å²) in [6.45, 7) is 4.60. The lowest BCUT2D eigenvalue weighted by atomic mass is 9.71. The first-order chi connectivity index (χ1) is 18.8. The first-order valence-electron chi connectivity index (χ1n) is 13.2. The van der Waals surface area contributed by atoms with Crippen LogP contribution in [-0.4, -0.2) is 42.8 Å². The van der Waals surface area contributed by atoms with Gasteiger partial charge < -0.3 is 24.6 Å². The van der Waals surface area contributed by atoms with Gasteiger partial charge in [-0.05, 0) is 74.4 Å². The summed E-state index contributed by atoms with van der Waals surface area (Å²) in [5.41, 5.74) is 3.40. The average molecular weight is 556 g/mol. The minimum atomic E-state index is -0.780. The Labute approximate surface area is 231 Å². The van der Waals surface area contributed by atoms with Gasteiger partial charge in [0, 0.05) is 35.9 Å². The highest BCUT2D eigenvalue weighted by molar-refractivity contribution is 6.32. The second kappa shape index (κ2) is 11.4. The summed E-state index contributed by atoms with van der Waals surface area (Å²) >= 11 is 6.39. The number of aromatic hydroxyl groups is 1. The van der Waals surface area contributed by atoms with Gasteiger partial charge >= 0.3 is 5.97 Å². The largest absolute Gasteiger partial charge is 0.503 e. The topological polar surface area (TPSA) is 94.1 Å². The van der Waals surface area contributed by atoms with E-state index >= 15 is 0 Å². The number of rotatable bonds is 7. The van der Waals surface area contributed by atoms with Crippen LogP contribution in [0.3, 0.4) is 0 Å². The summed E-state index contributed by atoms with van der Waals surface area (Å²) in [4.78, 5) is 27.3. The van der Waals surface area contributed by atoms with E-state index in [2.05, 4.69) is 5.32 Å². The van der Waals surface area contributed by atoms with Gasteiger partial charge in [0.2, 0.25) is 0 Å². The number of carbonyl (C=O) groups is 2. The molecule has 2 aromatic carbocycles. The molecule has 2 aliphatic heterocycles. The summed E-state index contributed by atoms with van der Waals surface area (Å²) in [5, 5.41) is 13.8. The van der Waals surface area contributed by atoms with Crippen LogP contribution in [-0.2, 0) is 19.1 Å². The number of esters is 1. The number of ketones is 1. The third kappa shape index (κ3) is 5.54. The number of Topliss-reactive ketones (excluding diaryl/α,β-unsaturated/α-hetero) is 1. The normalized spacial score (nSPS) is 23.0. The standard InChI is InChI=1S/C30H31ClFNO6/c1-3-37-25-14-19(11-22(31)29(25)35)27-26(30(36)39-15-21-5-4-10-38-21)16(2)33-23-12-18(13-24(34)28(23)27)17-6-8-20(32)9-7-17/h6-9,11,14,18,21,27,33,35H,3-5,10,12-13,15H2,1-2H3/t18-,21-,27-/m1/s1. The number of hydrogen-bond acceptors (Lipinski definition) is 7. The van der Waals surface area contributed by atoms with Crippen molar-refractivity contribution >= 4 is 23.4 Å². The molecule has 5 rings (SSSR count). The molecule has 0 saturated carbocycles. The quantitative estimate of drug-likeness (QED) is 0.425. The lowest BCUT2D eigenvalue weighted by Crippen LogP contribution is -2.36. The van der Waals surface area contributed by atoms with Crippen molar-refractivity contribution < 1.29 is 33.3 Å². The van der Waals surface area contributed by atoms with E-state index in [1.165, 1.54) is 12.1 Å². The molecule has 2 N–H and O–H groups in total. The third-order valence-corrected chi connectivity index (χ3v) is 7.79. The minimum absolute atomic E-state index is 0.0498. The number of phenols is 1. The number of ether oxygens (including phenoxy) is 3. The molecule has 1 aliphatic carbocycles. The van der Waals surface area contributed by atoms with Crippen LogP contribution in [0.1, 0.15) is 62.5 Å². The molecule has 1 saturated heterocycles. The van der Waals surface area contributed by atoms with Crippen LogP contribution in [0, 0.1) is 5.82 Å². The zero-order valence-electron chi connectivity index (χ0n) is 21.9. The Bertz CT molecular complexity index is 1350. The van der Waals surface area contributed by atoms with Gasteiger partial charge in [-0.25, -0.2) is 9.18 Å². The Morgan fingerprint density at radius 3 is 2.67 bits per heavy atom. The summed E-state index contributed by atoms with van der Waals surface area (Å²) < 4.78 is 30.4. The number of phenolic OH excluding ortho intramolecular Hbond substituents is 1. The molecule has 9 heteroatoms. The van der Waals surface area contributed by atoms with Crippen molar-refractivity contribution in [2.75, 3.05) is 19.8 Å². The molecule has 0 spiro atoms. The van der Waals surface area contributed by atoms with Gasteiger partial charge in [-0.2, -0.15) is 0 Å². The average Bonchev–Trinajstić information content (AvgIpc) is 3.43. The predicted molar refractivity (Wildman–Crippen MR) is 143 cm³/mol. The van der Waals surface area contributed by atoms with Gasteiger partial charge in [-0.1, -0.05) is 23.7 Å². The smallest absolute Gasteiger partial charge is 0.336 e. The van der Waals surface area contributed by atoms with Crippen molar-refractivity contribution in [3.05, 3.63) is 80.9 Å². The highest BCUT2D eigenvalue weighted by atomic mass is 35.5. The molecule has 0 unspecified atom stereocenters. The molecule has 3 aliphatic rings. The second-order valence-electron chi connectivity index (χ2n) is 10.1. The van der Waals surface area contributed by atoms with Gasteiger partial charge in [0.15, 0.2) is 17.3 Å². The number of halogens is 2. The number of dihydropyridines is 1. The zero-order chi connectivity index (χ0) is 27.7. The van der Waals surface area contributed by atoms with Gasteiger partial charge in [0.25, 0.3) is 0 Å². The second-order valence-corrected chi connectivity index (χ2v) is 10.5. The van der Waals surface area contributed by atoms with Crippen molar-refractivity contribution in [1.29, 1.82) is 0 Å². The molecule has 0 radical (unpaired) electrons. The molecule has 7 nitrogen and oxygen atoms in total. The van der Waals surface area contributed by atoms with Crippen LogP contribution in [0.4, 0.5) is 4.39 Å². The lowest BCUT2D eigenvalue weighted by Gasteiger charge is -2.37. The van der Waals surface area contributed by atoms with Crippen LogP contribution in [0.2, 0.25) is 5.02 Å². The van der Waals surface area contributed by atoms with E-state index in [-0.39, 0.29) is 59.8 Å². The van der Waals surface area contributed by atoms with Crippen molar-refractivity contribution in [3.8, 4) is 11.5 Å². The van der Waals surface area contributed by atoms with Crippen LogP contribution < -0.4 is 10.1 Å². The Balaban J connectivity index is 1.56. The summed E-state index contributed by atoms with van der Waals surface area (Å²) in [5.74, 6) is -2.00. The molecule has 39 heavy (non-hydrogen) atoms. The maximum absolute atomic E-state index is 13.8. The molecule has 2 heterocycles. The van der Waals surface area contributed by atoms with Gasteiger partial charge in [0.1, 0.15) is 12.4 Å². The molecule has 0 aromatic heterocycles. The summed E-state index contributed by atoms with van der Waals surface area (Å²) in [6, 6.07) is 9.35. The maximum atomic E-state index is 13.8. The number of hydrogen-bond donors (Lipinski definition) is 2. The molecule has 3 atom stereocenters. The zero-order valence-corrected chi connectivity index (χ0v) is 22.6. The highest BCUT2D eigenvalue weighted by Gasteiger charge is 2.42. The number of nitrogens with one attached hydrogen (secondary N) is 1. The van der Waals surface area contributed by atoms with Crippen molar-refractivity contribution in [3.63, 3.8) is 0 Å². The molecule has 0 bridgehead atoms. The Morgan fingerprint density at radius 2 is 1.97 bits per heavy atom. The Kier molecular flexibility index (Phi) is 7.96. The molecule has 206 valence electrons. The number of benzene rings is 2.